The fraction of sp³-hybridized carbons (Fsp3) is 0.222. The van der Waals surface area contributed by atoms with E-state index in [-0.39, 0.29) is 18.9 Å². The molecule has 1 aromatic heterocycles. The van der Waals surface area contributed by atoms with Crippen molar-refractivity contribution in [2.75, 3.05) is 6.54 Å². The molecular weight excluding hydrogens is 292 g/mol. The number of para-hydroxylation sites is 1. The van der Waals surface area contributed by atoms with Gasteiger partial charge in [-0.05, 0) is 24.6 Å². The summed E-state index contributed by atoms with van der Waals surface area (Å²) in [4.78, 5) is 12.1. The molecule has 1 heterocycles. The summed E-state index contributed by atoms with van der Waals surface area (Å²) < 4.78 is 5.19. The summed E-state index contributed by atoms with van der Waals surface area (Å²) >= 11 is 0. The first-order valence-corrected chi connectivity index (χ1v) is 7.44. The van der Waals surface area contributed by atoms with Crippen molar-refractivity contribution >= 4 is 16.9 Å². The minimum absolute atomic E-state index is 0.113. The monoisotopic (exact) mass is 310 g/mol. The van der Waals surface area contributed by atoms with Crippen LogP contribution in [0.4, 0.5) is 0 Å². The Morgan fingerprint density at radius 1 is 1.17 bits per heavy atom. The smallest absolute Gasteiger partial charge is 0.226 e. The van der Waals surface area contributed by atoms with Crippen molar-refractivity contribution in [2.45, 2.75) is 18.9 Å². The van der Waals surface area contributed by atoms with E-state index in [1.807, 2.05) is 54.6 Å². The lowest BCUT2D eigenvalue weighted by Gasteiger charge is -2.24. The van der Waals surface area contributed by atoms with Gasteiger partial charge in [-0.1, -0.05) is 47.6 Å². The number of aromatic nitrogens is 1. The highest BCUT2D eigenvalue weighted by Crippen LogP contribution is 2.20. The van der Waals surface area contributed by atoms with E-state index < -0.39 is 5.60 Å². The van der Waals surface area contributed by atoms with Crippen LogP contribution in [0.5, 0.6) is 0 Å². The Labute approximate surface area is 133 Å². The SMILES string of the molecule is CC(O)(CNC(=O)Cc1noc2ccccc12)c1ccccc1. The average molecular weight is 310 g/mol. The number of nitrogens with one attached hydrogen (secondary N) is 1. The molecule has 118 valence electrons. The number of hydrogen-bond acceptors (Lipinski definition) is 4. The summed E-state index contributed by atoms with van der Waals surface area (Å²) in [6.45, 7) is 1.81. The molecule has 5 nitrogen and oxygen atoms in total. The highest BCUT2D eigenvalue weighted by Gasteiger charge is 2.23. The normalized spacial score (nSPS) is 13.7. The zero-order valence-electron chi connectivity index (χ0n) is 12.8. The molecule has 2 N–H and O–H groups in total. The predicted octanol–water partition coefficient (Wildman–Crippen LogP) is 2.39. The molecule has 0 saturated heterocycles. The molecule has 0 saturated carbocycles. The zero-order valence-corrected chi connectivity index (χ0v) is 12.8. The van der Waals surface area contributed by atoms with Gasteiger partial charge in [-0.2, -0.15) is 0 Å². The molecule has 1 amide bonds. The Bertz CT molecular complexity index is 809. The van der Waals surface area contributed by atoms with Gasteiger partial charge in [0.05, 0.1) is 13.0 Å². The third kappa shape index (κ3) is 3.40. The van der Waals surface area contributed by atoms with Crippen molar-refractivity contribution in [2.24, 2.45) is 0 Å². The van der Waals surface area contributed by atoms with Gasteiger partial charge in [0.2, 0.25) is 5.91 Å². The van der Waals surface area contributed by atoms with E-state index in [4.69, 9.17) is 4.52 Å². The van der Waals surface area contributed by atoms with E-state index in [1.165, 1.54) is 0 Å². The van der Waals surface area contributed by atoms with Crippen LogP contribution in [0.1, 0.15) is 18.2 Å². The summed E-state index contributed by atoms with van der Waals surface area (Å²) in [6, 6.07) is 16.7. The van der Waals surface area contributed by atoms with Crippen molar-refractivity contribution < 1.29 is 14.4 Å². The molecule has 0 aliphatic carbocycles. The second-order valence-corrected chi connectivity index (χ2v) is 5.72. The standard InChI is InChI=1S/C18H18N2O3/c1-18(22,13-7-3-2-4-8-13)12-19-17(21)11-15-14-9-5-6-10-16(14)23-20-15/h2-10,22H,11-12H2,1H3,(H,19,21). The first-order chi connectivity index (χ1) is 11.1. The largest absolute Gasteiger partial charge is 0.384 e. The van der Waals surface area contributed by atoms with Crippen LogP contribution >= 0.6 is 0 Å². The van der Waals surface area contributed by atoms with Gasteiger partial charge in [0, 0.05) is 5.39 Å². The van der Waals surface area contributed by atoms with Crippen LogP contribution in [0, 0.1) is 0 Å². The summed E-state index contributed by atoms with van der Waals surface area (Å²) in [6.07, 6.45) is 0.113. The maximum Gasteiger partial charge on any atom is 0.226 e. The number of aliphatic hydroxyl groups is 1. The zero-order chi connectivity index (χ0) is 16.3. The maximum atomic E-state index is 12.1. The van der Waals surface area contributed by atoms with Crippen molar-refractivity contribution in [3.8, 4) is 0 Å². The van der Waals surface area contributed by atoms with Crippen LogP contribution in [0.2, 0.25) is 0 Å². The Morgan fingerprint density at radius 2 is 1.87 bits per heavy atom. The molecule has 1 atom stereocenters. The number of nitrogens with zero attached hydrogens (tertiary/aromatic N) is 1. The van der Waals surface area contributed by atoms with Gasteiger partial charge >= 0.3 is 0 Å². The molecule has 0 radical (unpaired) electrons. The molecule has 0 spiro atoms. The summed E-state index contributed by atoms with van der Waals surface area (Å²) in [5.74, 6) is -0.208. The molecule has 0 aliphatic rings. The van der Waals surface area contributed by atoms with Crippen LogP contribution < -0.4 is 5.32 Å². The first-order valence-electron chi connectivity index (χ1n) is 7.44. The molecule has 0 aliphatic heterocycles. The Morgan fingerprint density at radius 3 is 2.65 bits per heavy atom. The minimum Gasteiger partial charge on any atom is -0.384 e. The van der Waals surface area contributed by atoms with Crippen molar-refractivity contribution in [1.82, 2.24) is 10.5 Å². The molecule has 0 bridgehead atoms. The fourth-order valence-electron chi connectivity index (χ4n) is 2.45. The van der Waals surface area contributed by atoms with Crippen LogP contribution in [-0.4, -0.2) is 22.7 Å². The molecule has 5 heteroatoms. The maximum absolute atomic E-state index is 12.1. The average Bonchev–Trinajstić information content (AvgIpc) is 2.97. The van der Waals surface area contributed by atoms with Gasteiger partial charge in [0.1, 0.15) is 11.3 Å². The molecule has 2 aromatic carbocycles. The first kappa shape index (κ1) is 15.2. The van der Waals surface area contributed by atoms with Crippen LogP contribution in [0.15, 0.2) is 59.1 Å². The summed E-state index contributed by atoms with van der Waals surface area (Å²) in [5, 5.41) is 18.0. The van der Waals surface area contributed by atoms with Gasteiger partial charge < -0.3 is 14.9 Å². The van der Waals surface area contributed by atoms with Gasteiger partial charge in [-0.3, -0.25) is 4.79 Å². The number of rotatable bonds is 5. The molecule has 0 fully saturated rings. The molecule has 23 heavy (non-hydrogen) atoms. The minimum atomic E-state index is -1.12. The fourth-order valence-corrected chi connectivity index (χ4v) is 2.45. The van der Waals surface area contributed by atoms with Gasteiger partial charge in [-0.15, -0.1) is 0 Å². The molecular formula is C18H18N2O3. The van der Waals surface area contributed by atoms with E-state index in [0.29, 0.717) is 11.3 Å². The van der Waals surface area contributed by atoms with Crippen LogP contribution in [0.25, 0.3) is 11.0 Å². The highest BCUT2D eigenvalue weighted by atomic mass is 16.5. The Kier molecular flexibility index (Phi) is 4.12. The Balaban J connectivity index is 1.64. The van der Waals surface area contributed by atoms with E-state index in [9.17, 15) is 9.90 Å². The van der Waals surface area contributed by atoms with Gasteiger partial charge in [-0.25, -0.2) is 0 Å². The predicted molar refractivity (Wildman–Crippen MR) is 86.7 cm³/mol. The lowest BCUT2D eigenvalue weighted by Crippen LogP contribution is -2.39. The number of amides is 1. The highest BCUT2D eigenvalue weighted by molar-refractivity contribution is 5.86. The van der Waals surface area contributed by atoms with Crippen LogP contribution in [-0.2, 0) is 16.8 Å². The third-order valence-corrected chi connectivity index (χ3v) is 3.81. The number of carbonyl (C=O) groups excluding carboxylic acids is 1. The van der Waals surface area contributed by atoms with Gasteiger partial charge in [0.15, 0.2) is 5.58 Å². The summed E-state index contributed by atoms with van der Waals surface area (Å²) in [5.41, 5.74) is 0.888. The molecule has 3 rings (SSSR count). The van der Waals surface area contributed by atoms with E-state index in [1.54, 1.807) is 6.92 Å². The summed E-state index contributed by atoms with van der Waals surface area (Å²) in [7, 11) is 0. The topological polar surface area (TPSA) is 75.4 Å². The Hall–Kier alpha value is -2.66. The number of hydrogen-bond donors (Lipinski definition) is 2. The third-order valence-electron chi connectivity index (χ3n) is 3.81. The second-order valence-electron chi connectivity index (χ2n) is 5.72. The second kappa shape index (κ2) is 6.22. The quantitative estimate of drug-likeness (QED) is 0.759. The van der Waals surface area contributed by atoms with Gasteiger partial charge in [0.25, 0.3) is 0 Å². The van der Waals surface area contributed by atoms with E-state index >= 15 is 0 Å². The lowest BCUT2D eigenvalue weighted by molar-refractivity contribution is -0.121. The van der Waals surface area contributed by atoms with E-state index in [2.05, 4.69) is 10.5 Å². The number of benzene rings is 2. The molecule has 1 unspecified atom stereocenters. The van der Waals surface area contributed by atoms with Crippen molar-refractivity contribution in [3.05, 3.63) is 65.9 Å². The van der Waals surface area contributed by atoms with Crippen molar-refractivity contribution in [1.29, 1.82) is 0 Å². The lowest BCUT2D eigenvalue weighted by atomic mass is 9.96. The molecule has 3 aromatic rings. The number of carbonyl (C=O) groups is 1. The van der Waals surface area contributed by atoms with Crippen molar-refractivity contribution in [3.63, 3.8) is 0 Å². The van der Waals surface area contributed by atoms with E-state index in [0.717, 1.165) is 10.9 Å². The van der Waals surface area contributed by atoms with Crippen LogP contribution in [0.3, 0.4) is 0 Å². The number of fused-ring (bicyclic) bond motifs is 1.